The predicted octanol–water partition coefficient (Wildman–Crippen LogP) is 1.34. The highest BCUT2D eigenvalue weighted by Crippen LogP contribution is 2.18. The zero-order valence-corrected chi connectivity index (χ0v) is 7.17. The van der Waals surface area contributed by atoms with Gasteiger partial charge in [0.25, 0.3) is 0 Å². The van der Waals surface area contributed by atoms with Crippen molar-refractivity contribution in [2.75, 3.05) is 5.73 Å². The number of aliphatic carboxylic acids is 1. The van der Waals surface area contributed by atoms with Gasteiger partial charge in [-0.2, -0.15) is 0 Å². The van der Waals surface area contributed by atoms with Crippen LogP contribution in [0.5, 0.6) is 0 Å². The van der Waals surface area contributed by atoms with Crippen molar-refractivity contribution in [3.63, 3.8) is 0 Å². The van der Waals surface area contributed by atoms with Gasteiger partial charge in [0.2, 0.25) is 0 Å². The second-order valence-corrected chi connectivity index (χ2v) is 2.82. The number of nitrogens with two attached hydrogens (primary N) is 1. The Bertz CT molecular complexity index is 350. The summed E-state index contributed by atoms with van der Waals surface area (Å²) in [6, 6.07) is 2.91. The summed E-state index contributed by atoms with van der Waals surface area (Å²) in [4.78, 5) is 10.3. The van der Waals surface area contributed by atoms with E-state index in [1.54, 1.807) is 0 Å². The summed E-state index contributed by atoms with van der Waals surface area (Å²) >= 11 is 0. The number of carboxylic acids is 1. The molecule has 0 unspecified atom stereocenters. The van der Waals surface area contributed by atoms with Crippen molar-refractivity contribution in [1.29, 1.82) is 0 Å². The fourth-order valence-electron chi connectivity index (χ4n) is 1.06. The van der Waals surface area contributed by atoms with Gasteiger partial charge in [0.05, 0.1) is 6.42 Å². The third-order valence-corrected chi connectivity index (χ3v) is 1.85. The van der Waals surface area contributed by atoms with Crippen LogP contribution < -0.4 is 5.73 Å². The number of carbonyl (C=O) groups is 1. The van der Waals surface area contributed by atoms with Crippen LogP contribution in [0.2, 0.25) is 0 Å². The van der Waals surface area contributed by atoms with Crippen LogP contribution in [-0.2, 0) is 11.2 Å². The number of anilines is 1. The zero-order valence-electron chi connectivity index (χ0n) is 7.17. The number of rotatable bonds is 2. The van der Waals surface area contributed by atoms with Gasteiger partial charge in [-0.15, -0.1) is 0 Å². The Morgan fingerprint density at radius 2 is 2.23 bits per heavy atom. The maximum atomic E-state index is 13.3. The smallest absolute Gasteiger partial charge is 0.307 e. The minimum absolute atomic E-state index is 0.166. The van der Waals surface area contributed by atoms with E-state index in [2.05, 4.69) is 0 Å². The molecule has 0 atom stereocenters. The Morgan fingerprint density at radius 1 is 1.62 bits per heavy atom. The standard InChI is InChI=1S/C9H10FNO2/c1-5-7(11)3-2-6(9(5)10)4-8(12)13/h2-3H,4,11H2,1H3,(H,12,13). The summed E-state index contributed by atoms with van der Waals surface area (Å²) in [5.41, 5.74) is 6.24. The Labute approximate surface area is 75.0 Å². The first-order chi connectivity index (χ1) is 6.02. The van der Waals surface area contributed by atoms with Crippen LogP contribution >= 0.6 is 0 Å². The van der Waals surface area contributed by atoms with E-state index in [4.69, 9.17) is 10.8 Å². The summed E-state index contributed by atoms with van der Waals surface area (Å²) in [6.45, 7) is 1.52. The molecule has 13 heavy (non-hydrogen) atoms. The molecule has 0 amide bonds. The molecule has 0 saturated carbocycles. The molecule has 3 nitrogen and oxygen atoms in total. The highest BCUT2D eigenvalue weighted by Gasteiger charge is 2.10. The molecule has 0 radical (unpaired) electrons. The number of carboxylic acid groups (broad SMARTS) is 1. The monoisotopic (exact) mass is 183 g/mol. The quantitative estimate of drug-likeness (QED) is 0.680. The second kappa shape index (κ2) is 3.43. The molecule has 3 N–H and O–H groups in total. The van der Waals surface area contributed by atoms with Crippen molar-refractivity contribution in [3.05, 3.63) is 29.1 Å². The first kappa shape index (κ1) is 9.51. The largest absolute Gasteiger partial charge is 0.481 e. The van der Waals surface area contributed by atoms with Gasteiger partial charge in [0.15, 0.2) is 0 Å². The molecule has 4 heteroatoms. The third kappa shape index (κ3) is 1.96. The van der Waals surface area contributed by atoms with Gasteiger partial charge in [-0.05, 0) is 18.6 Å². The van der Waals surface area contributed by atoms with E-state index in [1.807, 2.05) is 0 Å². The Balaban J connectivity index is 3.10. The van der Waals surface area contributed by atoms with Gasteiger partial charge in [-0.25, -0.2) is 4.39 Å². The maximum Gasteiger partial charge on any atom is 0.307 e. The topological polar surface area (TPSA) is 63.3 Å². The summed E-state index contributed by atoms with van der Waals surface area (Å²) in [7, 11) is 0. The molecule has 0 aliphatic rings. The lowest BCUT2D eigenvalue weighted by Crippen LogP contribution is -2.05. The molecule has 0 heterocycles. The molecule has 70 valence electrons. The molecule has 0 spiro atoms. The third-order valence-electron chi connectivity index (χ3n) is 1.85. The summed E-state index contributed by atoms with van der Waals surface area (Å²) < 4.78 is 13.3. The van der Waals surface area contributed by atoms with Gasteiger partial charge in [-0.1, -0.05) is 6.07 Å². The lowest BCUT2D eigenvalue weighted by atomic mass is 10.1. The fourth-order valence-corrected chi connectivity index (χ4v) is 1.06. The molecule has 1 aromatic rings. The Morgan fingerprint density at radius 3 is 2.77 bits per heavy atom. The summed E-state index contributed by atoms with van der Waals surface area (Å²) in [6.07, 6.45) is -0.313. The molecule has 0 bridgehead atoms. The zero-order chi connectivity index (χ0) is 10.0. The highest BCUT2D eigenvalue weighted by molar-refractivity contribution is 5.70. The second-order valence-electron chi connectivity index (χ2n) is 2.82. The van der Waals surface area contributed by atoms with Gasteiger partial charge < -0.3 is 10.8 Å². The molecule has 0 aromatic heterocycles. The van der Waals surface area contributed by atoms with Gasteiger partial charge in [0, 0.05) is 11.3 Å². The van der Waals surface area contributed by atoms with E-state index in [-0.39, 0.29) is 12.0 Å². The van der Waals surface area contributed by atoms with E-state index in [9.17, 15) is 9.18 Å². The maximum absolute atomic E-state index is 13.3. The lowest BCUT2D eigenvalue weighted by Gasteiger charge is -2.05. The molecule has 0 saturated heterocycles. The average Bonchev–Trinajstić information content (AvgIpc) is 2.06. The number of nitrogen functional groups attached to an aromatic ring is 1. The SMILES string of the molecule is Cc1c(N)ccc(CC(=O)O)c1F. The van der Waals surface area contributed by atoms with Crippen molar-refractivity contribution in [2.45, 2.75) is 13.3 Å². The highest BCUT2D eigenvalue weighted by atomic mass is 19.1. The van der Waals surface area contributed by atoms with Crippen molar-refractivity contribution < 1.29 is 14.3 Å². The predicted molar refractivity (Wildman–Crippen MR) is 46.9 cm³/mol. The first-order valence-corrected chi connectivity index (χ1v) is 3.77. The number of benzene rings is 1. The molecule has 1 rings (SSSR count). The fraction of sp³-hybridized carbons (Fsp3) is 0.222. The van der Waals surface area contributed by atoms with Gasteiger partial charge in [-0.3, -0.25) is 4.79 Å². The van der Waals surface area contributed by atoms with Gasteiger partial charge in [0.1, 0.15) is 5.82 Å². The lowest BCUT2D eigenvalue weighted by molar-refractivity contribution is -0.136. The molecule has 0 aliphatic heterocycles. The van der Waals surface area contributed by atoms with Crippen molar-refractivity contribution >= 4 is 11.7 Å². The minimum atomic E-state index is -1.05. The molecule has 0 fully saturated rings. The Kier molecular flexibility index (Phi) is 2.51. The van der Waals surface area contributed by atoms with E-state index in [1.165, 1.54) is 19.1 Å². The van der Waals surface area contributed by atoms with Crippen LogP contribution in [0.3, 0.4) is 0 Å². The number of hydrogen-bond donors (Lipinski definition) is 2. The van der Waals surface area contributed by atoms with Crippen LogP contribution in [-0.4, -0.2) is 11.1 Å². The van der Waals surface area contributed by atoms with Crippen LogP contribution in [0.1, 0.15) is 11.1 Å². The van der Waals surface area contributed by atoms with Crippen LogP contribution in [0.15, 0.2) is 12.1 Å². The van der Waals surface area contributed by atoms with E-state index in [0.29, 0.717) is 11.3 Å². The van der Waals surface area contributed by atoms with Gasteiger partial charge >= 0.3 is 5.97 Å². The van der Waals surface area contributed by atoms with Crippen molar-refractivity contribution in [3.8, 4) is 0 Å². The first-order valence-electron chi connectivity index (χ1n) is 3.77. The van der Waals surface area contributed by atoms with E-state index in [0.717, 1.165) is 0 Å². The summed E-state index contributed by atoms with van der Waals surface area (Å²) in [5, 5.41) is 8.45. The minimum Gasteiger partial charge on any atom is -0.481 e. The van der Waals surface area contributed by atoms with Crippen molar-refractivity contribution in [1.82, 2.24) is 0 Å². The van der Waals surface area contributed by atoms with E-state index < -0.39 is 11.8 Å². The van der Waals surface area contributed by atoms with Crippen molar-refractivity contribution in [2.24, 2.45) is 0 Å². The number of halogens is 1. The summed E-state index contributed by atoms with van der Waals surface area (Å²) in [5.74, 6) is -1.58. The van der Waals surface area contributed by atoms with Crippen LogP contribution in [0.4, 0.5) is 10.1 Å². The average molecular weight is 183 g/mol. The molecule has 1 aromatic carbocycles. The molecular formula is C9H10FNO2. The molecule has 0 aliphatic carbocycles. The molecular weight excluding hydrogens is 173 g/mol. The normalized spacial score (nSPS) is 10.0. The van der Waals surface area contributed by atoms with Crippen LogP contribution in [0, 0.1) is 12.7 Å². The van der Waals surface area contributed by atoms with Crippen LogP contribution in [0.25, 0.3) is 0 Å². The number of hydrogen-bond acceptors (Lipinski definition) is 2. The Hall–Kier alpha value is -1.58. The van der Waals surface area contributed by atoms with E-state index >= 15 is 0 Å².